The van der Waals surface area contributed by atoms with E-state index in [1.807, 2.05) is 0 Å². The van der Waals surface area contributed by atoms with Crippen molar-refractivity contribution in [3.05, 3.63) is 41.2 Å². The Morgan fingerprint density at radius 1 is 1.18 bits per heavy atom. The van der Waals surface area contributed by atoms with Gasteiger partial charge in [-0.1, -0.05) is 12.1 Å². The fourth-order valence-corrected chi connectivity index (χ4v) is 1.11. The number of carbonyl (C=O) groups is 2. The molecule has 90 valence electrons. The normalized spacial score (nSPS) is 11.7. The second-order valence-corrected chi connectivity index (χ2v) is 3.49. The molecule has 0 spiro atoms. The summed E-state index contributed by atoms with van der Waals surface area (Å²) >= 11 is 0. The Morgan fingerprint density at radius 3 is 2.29 bits per heavy atom. The maximum absolute atomic E-state index is 13.2. The van der Waals surface area contributed by atoms with Gasteiger partial charge in [-0.05, 0) is 26.0 Å². The summed E-state index contributed by atoms with van der Waals surface area (Å²) in [6.07, 6.45) is 0. The number of para-hydroxylation sites is 1. The third kappa shape index (κ3) is 3.14. The van der Waals surface area contributed by atoms with E-state index in [0.29, 0.717) is 0 Å². The second kappa shape index (κ2) is 5.25. The van der Waals surface area contributed by atoms with Crippen LogP contribution in [-0.2, 0) is 9.59 Å². The van der Waals surface area contributed by atoms with Gasteiger partial charge in [0.25, 0.3) is 5.91 Å². The van der Waals surface area contributed by atoms with Crippen LogP contribution in [0.1, 0.15) is 13.8 Å². The molecule has 1 aromatic carbocycles. The highest BCUT2D eigenvalue weighted by molar-refractivity contribution is 6.08. The Kier molecular flexibility index (Phi) is 3.98. The van der Waals surface area contributed by atoms with E-state index in [9.17, 15) is 14.0 Å². The van der Waals surface area contributed by atoms with Crippen molar-refractivity contribution in [2.75, 3.05) is 5.32 Å². The Balaban J connectivity index is 2.91. The molecule has 0 fully saturated rings. The molecular weight excluding hydrogens is 225 g/mol. The maximum Gasteiger partial charge on any atom is 0.331 e. The first kappa shape index (κ1) is 12.9. The number of anilines is 1. The molecule has 0 saturated carbocycles. The monoisotopic (exact) mass is 237 g/mol. The van der Waals surface area contributed by atoms with E-state index in [0.717, 1.165) is 0 Å². The molecule has 0 saturated heterocycles. The standard InChI is InChI=1S/C12H12FNO3/c1-7(8(2)12(16)17)11(15)14-10-6-4-3-5-9(10)13/h3-6H,1-2H3,(H,14,15)(H,16,17)/b8-7-. The highest BCUT2D eigenvalue weighted by Crippen LogP contribution is 2.14. The molecule has 0 aliphatic carbocycles. The van der Waals surface area contributed by atoms with Gasteiger partial charge in [0.05, 0.1) is 5.69 Å². The van der Waals surface area contributed by atoms with Gasteiger partial charge in [-0.15, -0.1) is 0 Å². The van der Waals surface area contributed by atoms with Crippen LogP contribution in [0.3, 0.4) is 0 Å². The van der Waals surface area contributed by atoms with E-state index in [4.69, 9.17) is 5.11 Å². The van der Waals surface area contributed by atoms with Gasteiger partial charge < -0.3 is 10.4 Å². The van der Waals surface area contributed by atoms with Gasteiger partial charge in [0.2, 0.25) is 0 Å². The Bertz CT molecular complexity index is 494. The number of hydrogen-bond donors (Lipinski definition) is 2. The molecule has 0 atom stereocenters. The molecule has 0 radical (unpaired) electrons. The zero-order valence-corrected chi connectivity index (χ0v) is 9.45. The highest BCUT2D eigenvalue weighted by Gasteiger charge is 2.13. The summed E-state index contributed by atoms with van der Waals surface area (Å²) in [5.74, 6) is -2.37. The number of rotatable bonds is 3. The zero-order chi connectivity index (χ0) is 13.0. The molecule has 2 N–H and O–H groups in total. The van der Waals surface area contributed by atoms with Crippen molar-refractivity contribution >= 4 is 17.6 Å². The number of aliphatic carboxylic acids is 1. The minimum absolute atomic E-state index is 0.0232. The van der Waals surface area contributed by atoms with Gasteiger partial charge in [-0.25, -0.2) is 9.18 Å². The summed E-state index contributed by atoms with van der Waals surface area (Å²) in [6, 6.07) is 5.67. The minimum Gasteiger partial charge on any atom is -0.478 e. The fourth-order valence-electron chi connectivity index (χ4n) is 1.11. The number of amides is 1. The lowest BCUT2D eigenvalue weighted by atomic mass is 10.1. The van der Waals surface area contributed by atoms with Crippen LogP contribution in [0, 0.1) is 5.82 Å². The van der Waals surface area contributed by atoms with E-state index in [2.05, 4.69) is 5.32 Å². The van der Waals surface area contributed by atoms with Crippen molar-refractivity contribution in [3.8, 4) is 0 Å². The summed E-state index contributed by atoms with van der Waals surface area (Å²) in [5, 5.41) is 11.0. The van der Waals surface area contributed by atoms with E-state index < -0.39 is 17.7 Å². The van der Waals surface area contributed by atoms with Crippen molar-refractivity contribution in [2.45, 2.75) is 13.8 Å². The predicted molar refractivity (Wildman–Crippen MR) is 61.0 cm³/mol. The molecule has 0 aliphatic heterocycles. The van der Waals surface area contributed by atoms with Crippen LogP contribution in [0.15, 0.2) is 35.4 Å². The summed E-state index contributed by atoms with van der Waals surface area (Å²) in [4.78, 5) is 22.3. The van der Waals surface area contributed by atoms with Gasteiger partial charge in [0, 0.05) is 11.1 Å². The van der Waals surface area contributed by atoms with Crippen LogP contribution in [0.25, 0.3) is 0 Å². The Hall–Kier alpha value is -2.17. The Morgan fingerprint density at radius 2 is 1.76 bits per heavy atom. The molecule has 0 heterocycles. The summed E-state index contributed by atoms with van der Waals surface area (Å²) < 4.78 is 13.2. The maximum atomic E-state index is 13.2. The average Bonchev–Trinajstić information content (AvgIpc) is 2.30. The van der Waals surface area contributed by atoms with E-state index in [1.54, 1.807) is 6.07 Å². The third-order valence-corrected chi connectivity index (χ3v) is 2.35. The van der Waals surface area contributed by atoms with Crippen LogP contribution >= 0.6 is 0 Å². The first-order chi connectivity index (χ1) is 7.93. The van der Waals surface area contributed by atoms with Crippen LogP contribution in [0.5, 0.6) is 0 Å². The molecule has 0 bridgehead atoms. The van der Waals surface area contributed by atoms with Gasteiger partial charge in [-0.2, -0.15) is 0 Å². The molecule has 1 amide bonds. The Labute approximate surface area is 97.8 Å². The molecule has 1 rings (SSSR count). The number of carbonyl (C=O) groups excluding carboxylic acids is 1. The van der Waals surface area contributed by atoms with Gasteiger partial charge in [0.1, 0.15) is 5.82 Å². The van der Waals surface area contributed by atoms with Crippen LogP contribution in [0.4, 0.5) is 10.1 Å². The quantitative estimate of drug-likeness (QED) is 0.792. The van der Waals surface area contributed by atoms with Gasteiger partial charge in [-0.3, -0.25) is 4.79 Å². The fraction of sp³-hybridized carbons (Fsp3) is 0.167. The van der Waals surface area contributed by atoms with E-state index in [1.165, 1.54) is 32.0 Å². The summed E-state index contributed by atoms with van der Waals surface area (Å²) in [7, 11) is 0. The molecule has 5 heteroatoms. The number of halogens is 1. The van der Waals surface area contributed by atoms with Crippen LogP contribution in [0.2, 0.25) is 0 Å². The minimum atomic E-state index is -1.17. The topological polar surface area (TPSA) is 66.4 Å². The molecule has 0 aliphatic rings. The predicted octanol–water partition coefficient (Wildman–Crippen LogP) is 2.19. The van der Waals surface area contributed by atoms with Gasteiger partial charge >= 0.3 is 5.97 Å². The average molecular weight is 237 g/mol. The van der Waals surface area contributed by atoms with Crippen molar-refractivity contribution < 1.29 is 19.1 Å². The second-order valence-electron chi connectivity index (χ2n) is 3.49. The zero-order valence-electron chi connectivity index (χ0n) is 9.45. The van der Waals surface area contributed by atoms with Gasteiger partial charge in [0.15, 0.2) is 0 Å². The van der Waals surface area contributed by atoms with Crippen LogP contribution < -0.4 is 5.32 Å². The lowest BCUT2D eigenvalue weighted by molar-refractivity contribution is -0.133. The smallest absolute Gasteiger partial charge is 0.331 e. The van der Waals surface area contributed by atoms with Crippen molar-refractivity contribution in [1.29, 1.82) is 0 Å². The van der Waals surface area contributed by atoms with Crippen LogP contribution in [-0.4, -0.2) is 17.0 Å². The largest absolute Gasteiger partial charge is 0.478 e. The summed E-state index contributed by atoms with van der Waals surface area (Å²) in [5.41, 5.74) is -0.00497. The molecule has 4 nitrogen and oxygen atoms in total. The van der Waals surface area contributed by atoms with Crippen molar-refractivity contribution in [1.82, 2.24) is 0 Å². The third-order valence-electron chi connectivity index (χ3n) is 2.35. The molecular formula is C12H12FNO3. The van der Waals surface area contributed by atoms with Crippen molar-refractivity contribution in [2.24, 2.45) is 0 Å². The molecule has 17 heavy (non-hydrogen) atoms. The summed E-state index contributed by atoms with van der Waals surface area (Å²) in [6.45, 7) is 2.69. The number of hydrogen-bond acceptors (Lipinski definition) is 2. The first-order valence-electron chi connectivity index (χ1n) is 4.90. The molecule has 0 aromatic heterocycles. The lowest BCUT2D eigenvalue weighted by Gasteiger charge is -2.07. The number of nitrogens with one attached hydrogen (secondary N) is 1. The van der Waals surface area contributed by atoms with E-state index in [-0.39, 0.29) is 16.8 Å². The highest BCUT2D eigenvalue weighted by atomic mass is 19.1. The molecule has 0 unspecified atom stereocenters. The molecule has 1 aromatic rings. The number of carboxylic acids is 1. The van der Waals surface area contributed by atoms with Crippen molar-refractivity contribution in [3.63, 3.8) is 0 Å². The van der Waals surface area contributed by atoms with E-state index >= 15 is 0 Å². The number of benzene rings is 1. The number of carboxylic acid groups (broad SMARTS) is 1. The first-order valence-corrected chi connectivity index (χ1v) is 4.90. The lowest BCUT2D eigenvalue weighted by Crippen LogP contribution is -2.16. The SMILES string of the molecule is C/C(C(=O)O)=C(\C)C(=O)Nc1ccccc1F.